The van der Waals surface area contributed by atoms with Gasteiger partial charge in [-0.05, 0) is 29.5 Å². The van der Waals surface area contributed by atoms with Gasteiger partial charge in [-0.25, -0.2) is 0 Å². The first kappa shape index (κ1) is 19.0. The van der Waals surface area contributed by atoms with Gasteiger partial charge in [0.05, 0.1) is 21.6 Å². The molecule has 0 saturated carbocycles. The van der Waals surface area contributed by atoms with Crippen molar-refractivity contribution in [3.63, 3.8) is 0 Å². The van der Waals surface area contributed by atoms with Crippen molar-refractivity contribution >= 4 is 22.8 Å². The highest BCUT2D eigenvalue weighted by atomic mass is 16.6. The lowest BCUT2D eigenvalue weighted by Gasteiger charge is -2.19. The fourth-order valence-electron chi connectivity index (χ4n) is 2.30. The van der Waals surface area contributed by atoms with Gasteiger partial charge in [-0.15, -0.1) is 0 Å². The number of hydrogen-bond acceptors (Lipinski definition) is 6. The highest BCUT2D eigenvalue weighted by molar-refractivity contribution is 5.99. The second kappa shape index (κ2) is 7.30. The monoisotopic (exact) mass is 356 g/mol. The molecule has 0 aromatic heterocycles. The Morgan fingerprint density at radius 3 is 2.12 bits per heavy atom. The topological polar surface area (TPSA) is 111 Å². The number of nitro groups is 2. The van der Waals surface area contributed by atoms with Gasteiger partial charge >= 0.3 is 5.69 Å². The Balaban J connectivity index is 2.26. The molecule has 136 valence electrons. The van der Waals surface area contributed by atoms with E-state index < -0.39 is 15.5 Å². The van der Waals surface area contributed by atoms with Crippen molar-refractivity contribution in [2.24, 2.45) is 5.10 Å². The van der Waals surface area contributed by atoms with E-state index in [1.165, 1.54) is 17.7 Å². The Kier molecular flexibility index (Phi) is 5.35. The summed E-state index contributed by atoms with van der Waals surface area (Å²) in [6, 6.07) is 11.3. The van der Waals surface area contributed by atoms with E-state index in [0.29, 0.717) is 5.71 Å². The van der Waals surface area contributed by atoms with E-state index in [4.69, 9.17) is 0 Å². The third-order valence-electron chi connectivity index (χ3n) is 3.90. The molecule has 0 fully saturated rings. The van der Waals surface area contributed by atoms with Gasteiger partial charge in [0, 0.05) is 6.07 Å². The molecule has 2 aromatic carbocycles. The molecule has 0 saturated heterocycles. The van der Waals surface area contributed by atoms with Crippen molar-refractivity contribution in [3.05, 3.63) is 73.8 Å². The minimum atomic E-state index is -0.682. The van der Waals surface area contributed by atoms with Crippen LogP contribution in [0.3, 0.4) is 0 Å². The van der Waals surface area contributed by atoms with Crippen molar-refractivity contribution in [1.82, 2.24) is 0 Å². The standard InChI is InChI=1S/C18H20N4O4/c1-12(13-5-7-14(8-6-13)18(2,3)4)19-20-16-10-9-15(21(23)24)11-17(16)22(25)26/h5-11,20H,1-4H3/b19-12+. The van der Waals surface area contributed by atoms with E-state index in [2.05, 4.69) is 31.3 Å². The second-order valence-corrected chi connectivity index (χ2v) is 6.85. The third-order valence-corrected chi connectivity index (χ3v) is 3.90. The molecule has 8 nitrogen and oxygen atoms in total. The summed E-state index contributed by atoms with van der Waals surface area (Å²) in [4.78, 5) is 20.5. The van der Waals surface area contributed by atoms with Gasteiger partial charge in [0.15, 0.2) is 0 Å². The number of anilines is 1. The smallest absolute Gasteiger partial charge is 0.271 e. The first-order chi connectivity index (χ1) is 12.1. The lowest BCUT2D eigenvalue weighted by atomic mass is 9.86. The Morgan fingerprint density at radius 2 is 1.62 bits per heavy atom. The molecular formula is C18H20N4O4. The molecular weight excluding hydrogens is 336 g/mol. The van der Waals surface area contributed by atoms with Crippen LogP contribution in [0.2, 0.25) is 0 Å². The zero-order valence-corrected chi connectivity index (χ0v) is 15.0. The van der Waals surface area contributed by atoms with Crippen LogP contribution >= 0.6 is 0 Å². The lowest BCUT2D eigenvalue weighted by molar-refractivity contribution is -0.393. The zero-order valence-electron chi connectivity index (χ0n) is 15.0. The average Bonchev–Trinajstić information content (AvgIpc) is 2.58. The SMILES string of the molecule is C/C(=N\Nc1ccc([N+](=O)[O-])cc1[N+](=O)[O-])c1ccc(C(C)(C)C)cc1. The highest BCUT2D eigenvalue weighted by Gasteiger charge is 2.19. The van der Waals surface area contributed by atoms with E-state index in [0.717, 1.165) is 11.6 Å². The number of benzene rings is 2. The molecule has 0 atom stereocenters. The summed E-state index contributed by atoms with van der Waals surface area (Å²) in [5.41, 5.74) is 4.70. The Morgan fingerprint density at radius 1 is 1.00 bits per heavy atom. The number of non-ortho nitro benzene ring substituents is 1. The predicted octanol–water partition coefficient (Wildman–Crippen LogP) is 4.64. The molecule has 0 aliphatic carbocycles. The van der Waals surface area contributed by atoms with Gasteiger partial charge in [-0.2, -0.15) is 5.10 Å². The van der Waals surface area contributed by atoms with E-state index in [1.54, 1.807) is 6.92 Å². The van der Waals surface area contributed by atoms with Gasteiger partial charge < -0.3 is 0 Å². The van der Waals surface area contributed by atoms with Crippen LogP contribution in [0.1, 0.15) is 38.8 Å². The van der Waals surface area contributed by atoms with Gasteiger partial charge in [0.1, 0.15) is 5.69 Å². The number of hydrazone groups is 1. The van der Waals surface area contributed by atoms with E-state index in [-0.39, 0.29) is 16.8 Å². The van der Waals surface area contributed by atoms with Crippen LogP contribution in [0.25, 0.3) is 0 Å². The Labute approximate surface area is 150 Å². The van der Waals surface area contributed by atoms with Crippen LogP contribution in [-0.2, 0) is 5.41 Å². The third kappa shape index (κ3) is 4.41. The van der Waals surface area contributed by atoms with Crippen LogP contribution in [0.15, 0.2) is 47.6 Å². The molecule has 0 aliphatic heterocycles. The Bertz CT molecular complexity index is 868. The summed E-state index contributed by atoms with van der Waals surface area (Å²) in [6.45, 7) is 8.14. The van der Waals surface area contributed by atoms with Gasteiger partial charge in [-0.1, -0.05) is 45.0 Å². The maximum atomic E-state index is 11.1. The zero-order chi connectivity index (χ0) is 19.5. The highest BCUT2D eigenvalue weighted by Crippen LogP contribution is 2.29. The minimum absolute atomic E-state index is 0.0429. The first-order valence-corrected chi connectivity index (χ1v) is 7.93. The van der Waals surface area contributed by atoms with Crippen molar-refractivity contribution in [3.8, 4) is 0 Å². The number of hydrogen-bond donors (Lipinski definition) is 1. The number of nitrogens with one attached hydrogen (secondary N) is 1. The molecule has 0 aliphatic rings. The summed E-state index contributed by atoms with van der Waals surface area (Å²) in [5.74, 6) is 0. The van der Waals surface area contributed by atoms with Crippen LogP contribution in [0.5, 0.6) is 0 Å². The fourth-order valence-corrected chi connectivity index (χ4v) is 2.30. The molecule has 26 heavy (non-hydrogen) atoms. The number of rotatable bonds is 5. The van der Waals surface area contributed by atoms with Gasteiger partial charge in [0.2, 0.25) is 0 Å². The van der Waals surface area contributed by atoms with Crippen molar-refractivity contribution in [2.75, 3.05) is 5.43 Å². The van der Waals surface area contributed by atoms with Crippen LogP contribution in [-0.4, -0.2) is 15.6 Å². The van der Waals surface area contributed by atoms with E-state index >= 15 is 0 Å². The van der Waals surface area contributed by atoms with Crippen molar-refractivity contribution in [1.29, 1.82) is 0 Å². The second-order valence-electron chi connectivity index (χ2n) is 6.85. The molecule has 0 radical (unpaired) electrons. The minimum Gasteiger partial charge on any atom is -0.271 e. The van der Waals surface area contributed by atoms with Crippen molar-refractivity contribution in [2.45, 2.75) is 33.1 Å². The van der Waals surface area contributed by atoms with Crippen molar-refractivity contribution < 1.29 is 9.85 Å². The average molecular weight is 356 g/mol. The van der Waals surface area contributed by atoms with E-state index in [9.17, 15) is 20.2 Å². The summed E-state index contributed by atoms with van der Waals surface area (Å²) < 4.78 is 0. The largest absolute Gasteiger partial charge is 0.301 e. The summed E-state index contributed by atoms with van der Waals surface area (Å²) >= 11 is 0. The van der Waals surface area contributed by atoms with Crippen LogP contribution in [0.4, 0.5) is 17.1 Å². The lowest BCUT2D eigenvalue weighted by Crippen LogP contribution is -2.11. The molecule has 1 N–H and O–H groups in total. The molecule has 8 heteroatoms. The molecule has 0 unspecified atom stereocenters. The summed E-state index contributed by atoms with van der Waals surface area (Å²) in [5, 5.41) is 26.1. The first-order valence-electron chi connectivity index (χ1n) is 7.93. The maximum Gasteiger partial charge on any atom is 0.301 e. The number of nitrogens with zero attached hydrogens (tertiary/aromatic N) is 3. The molecule has 0 bridgehead atoms. The normalized spacial score (nSPS) is 11.9. The summed E-state index contributed by atoms with van der Waals surface area (Å²) in [6.07, 6.45) is 0. The molecule has 0 spiro atoms. The molecule has 2 rings (SSSR count). The fraction of sp³-hybridized carbons (Fsp3) is 0.278. The van der Waals surface area contributed by atoms with Gasteiger partial charge in [0.25, 0.3) is 5.69 Å². The van der Waals surface area contributed by atoms with Gasteiger partial charge in [-0.3, -0.25) is 25.7 Å². The quantitative estimate of drug-likeness (QED) is 0.477. The maximum absolute atomic E-state index is 11.1. The van der Waals surface area contributed by atoms with Crippen LogP contribution in [0, 0.1) is 20.2 Å². The number of nitro benzene ring substituents is 2. The van der Waals surface area contributed by atoms with E-state index in [1.807, 2.05) is 24.3 Å². The Hall–Kier alpha value is -3.29. The summed E-state index contributed by atoms with van der Waals surface area (Å²) in [7, 11) is 0. The molecule has 0 heterocycles. The predicted molar refractivity (Wildman–Crippen MR) is 101 cm³/mol. The van der Waals surface area contributed by atoms with Crippen LogP contribution < -0.4 is 5.43 Å². The molecule has 0 amide bonds. The molecule has 2 aromatic rings.